The summed E-state index contributed by atoms with van der Waals surface area (Å²) in [5.41, 5.74) is 12.1. The summed E-state index contributed by atoms with van der Waals surface area (Å²) in [6.07, 6.45) is 2.86. The summed E-state index contributed by atoms with van der Waals surface area (Å²) >= 11 is 1.45. The number of thioether (sulfide) groups is 1. The summed E-state index contributed by atoms with van der Waals surface area (Å²) in [5.74, 6) is -3.37. The predicted molar refractivity (Wildman–Crippen MR) is 131 cm³/mol. The van der Waals surface area contributed by atoms with Crippen LogP contribution in [-0.2, 0) is 30.4 Å². The number of carboxylic acids is 1. The summed E-state index contributed by atoms with van der Waals surface area (Å²) in [5, 5.41) is 14.2. The van der Waals surface area contributed by atoms with Gasteiger partial charge in [0, 0.05) is 6.54 Å². The molecule has 192 valence electrons. The zero-order chi connectivity index (χ0) is 26.0. The van der Waals surface area contributed by atoms with Gasteiger partial charge in [0.15, 0.2) is 0 Å². The van der Waals surface area contributed by atoms with E-state index in [1.54, 1.807) is 0 Å². The molecule has 4 atom stereocenters. The maximum absolute atomic E-state index is 13.1. The van der Waals surface area contributed by atoms with Gasteiger partial charge in [-0.1, -0.05) is 30.3 Å². The second kappa shape index (κ2) is 13.7. The molecule has 2 rings (SSSR count). The number of nitrogens with zero attached hydrogens (tertiary/aromatic N) is 1. The first kappa shape index (κ1) is 28.1. The maximum atomic E-state index is 13.1. The zero-order valence-corrected chi connectivity index (χ0v) is 20.5. The van der Waals surface area contributed by atoms with Gasteiger partial charge >= 0.3 is 5.97 Å². The van der Waals surface area contributed by atoms with Gasteiger partial charge in [0.1, 0.15) is 18.1 Å². The van der Waals surface area contributed by atoms with Gasteiger partial charge in [-0.15, -0.1) is 0 Å². The monoisotopic (exact) mass is 507 g/mol. The van der Waals surface area contributed by atoms with Crippen molar-refractivity contribution in [1.29, 1.82) is 0 Å². The van der Waals surface area contributed by atoms with E-state index >= 15 is 0 Å². The number of hydrogen-bond donors (Lipinski definition) is 5. The average molecular weight is 508 g/mol. The van der Waals surface area contributed by atoms with Gasteiger partial charge in [0.05, 0.1) is 12.5 Å². The molecule has 4 unspecified atom stereocenters. The number of hydrogen-bond acceptors (Lipinski definition) is 7. The Balaban J connectivity index is 2.07. The van der Waals surface area contributed by atoms with Crippen molar-refractivity contribution >= 4 is 41.4 Å². The highest BCUT2D eigenvalue weighted by atomic mass is 32.2. The van der Waals surface area contributed by atoms with Gasteiger partial charge in [-0.05, 0) is 43.3 Å². The van der Waals surface area contributed by atoms with Crippen molar-refractivity contribution < 1.29 is 29.1 Å². The molecule has 0 saturated carbocycles. The van der Waals surface area contributed by atoms with Crippen LogP contribution in [0, 0.1) is 0 Å². The molecule has 1 saturated heterocycles. The molecule has 0 aliphatic carbocycles. The summed E-state index contributed by atoms with van der Waals surface area (Å²) in [6.45, 7) is 0.376. The number of nitrogens with two attached hydrogens (primary N) is 2. The number of carbonyl (C=O) groups excluding carboxylic acids is 4. The van der Waals surface area contributed by atoms with Gasteiger partial charge < -0.3 is 32.1 Å². The Morgan fingerprint density at radius 2 is 1.83 bits per heavy atom. The van der Waals surface area contributed by atoms with E-state index in [4.69, 9.17) is 11.5 Å². The summed E-state index contributed by atoms with van der Waals surface area (Å²) < 4.78 is 0. The van der Waals surface area contributed by atoms with Gasteiger partial charge in [0.2, 0.25) is 23.6 Å². The smallest absolute Gasteiger partial charge is 0.326 e. The largest absolute Gasteiger partial charge is 0.480 e. The van der Waals surface area contributed by atoms with Crippen molar-refractivity contribution in [2.45, 2.75) is 56.3 Å². The Labute approximate surface area is 208 Å². The molecule has 12 heteroatoms. The normalized spacial score (nSPS) is 17.8. The number of aliphatic carboxylic acids is 1. The van der Waals surface area contributed by atoms with Crippen LogP contribution in [-0.4, -0.2) is 82.3 Å². The van der Waals surface area contributed by atoms with Crippen LogP contribution in [0.2, 0.25) is 0 Å². The minimum absolute atomic E-state index is 0.232. The molecule has 11 nitrogen and oxygen atoms in total. The van der Waals surface area contributed by atoms with Crippen LogP contribution in [0.3, 0.4) is 0 Å². The number of likely N-dealkylation sites (tertiary alicyclic amines) is 1. The number of benzene rings is 1. The number of carbonyl (C=O) groups is 5. The molecule has 35 heavy (non-hydrogen) atoms. The summed E-state index contributed by atoms with van der Waals surface area (Å²) in [4.78, 5) is 62.8. The summed E-state index contributed by atoms with van der Waals surface area (Å²) in [6, 6.07) is 5.19. The molecule has 1 fully saturated rings. The lowest BCUT2D eigenvalue weighted by atomic mass is 10.0. The van der Waals surface area contributed by atoms with E-state index in [9.17, 15) is 29.1 Å². The second-order valence-electron chi connectivity index (χ2n) is 8.40. The Morgan fingerprint density at radius 1 is 1.14 bits per heavy atom. The van der Waals surface area contributed by atoms with E-state index in [1.807, 2.05) is 36.6 Å². The van der Waals surface area contributed by atoms with Crippen LogP contribution in [0.15, 0.2) is 30.3 Å². The van der Waals surface area contributed by atoms with Gasteiger partial charge in [-0.3, -0.25) is 19.2 Å². The molecule has 7 N–H and O–H groups in total. The lowest BCUT2D eigenvalue weighted by Crippen LogP contribution is -2.57. The van der Waals surface area contributed by atoms with Crippen LogP contribution < -0.4 is 22.1 Å². The first-order valence-corrected chi connectivity index (χ1v) is 12.7. The van der Waals surface area contributed by atoms with E-state index in [2.05, 4.69) is 10.6 Å². The van der Waals surface area contributed by atoms with Crippen LogP contribution in [0.5, 0.6) is 0 Å². The molecule has 1 aromatic carbocycles. The SMILES string of the molecule is CSCCC(NC(=O)C1CCCN1C(=O)C(N)Cc1ccccc1)C(=O)NC(CC(N)=O)C(=O)O. The zero-order valence-electron chi connectivity index (χ0n) is 19.6. The Bertz CT molecular complexity index is 915. The first-order chi connectivity index (χ1) is 16.6. The van der Waals surface area contributed by atoms with E-state index in [-0.39, 0.29) is 12.3 Å². The van der Waals surface area contributed by atoms with Crippen molar-refractivity contribution in [1.82, 2.24) is 15.5 Å². The van der Waals surface area contributed by atoms with Crippen molar-refractivity contribution in [2.75, 3.05) is 18.6 Å². The minimum Gasteiger partial charge on any atom is -0.480 e. The highest BCUT2D eigenvalue weighted by molar-refractivity contribution is 7.98. The Hall–Kier alpha value is -3.12. The van der Waals surface area contributed by atoms with Gasteiger partial charge in [-0.2, -0.15) is 11.8 Å². The summed E-state index contributed by atoms with van der Waals surface area (Å²) in [7, 11) is 0. The minimum atomic E-state index is -1.51. The molecule has 1 aliphatic rings. The standard InChI is InChI=1S/C23H33N5O6S/c1-35-11-9-16(20(30)27-17(23(33)34)13-19(25)29)26-21(31)18-8-5-10-28(18)22(32)15(24)12-14-6-3-2-4-7-14/h2-4,6-7,15-18H,5,8-13,24H2,1H3,(H2,25,29)(H,26,31)(H,27,30)(H,33,34). The third-order valence-corrected chi connectivity index (χ3v) is 6.36. The molecular formula is C23H33N5O6S. The quantitative estimate of drug-likeness (QED) is 0.230. The highest BCUT2D eigenvalue weighted by Crippen LogP contribution is 2.20. The molecule has 1 heterocycles. The lowest BCUT2D eigenvalue weighted by molar-refractivity contribution is -0.144. The van der Waals surface area contributed by atoms with Crippen LogP contribution in [0.1, 0.15) is 31.2 Å². The van der Waals surface area contributed by atoms with Crippen LogP contribution >= 0.6 is 11.8 Å². The Kier molecular flexibility index (Phi) is 11.0. The number of nitrogens with one attached hydrogen (secondary N) is 2. The van der Waals surface area contributed by atoms with E-state index in [0.717, 1.165) is 5.56 Å². The van der Waals surface area contributed by atoms with E-state index < -0.39 is 54.3 Å². The van der Waals surface area contributed by atoms with E-state index in [1.165, 1.54) is 16.7 Å². The maximum Gasteiger partial charge on any atom is 0.326 e. The van der Waals surface area contributed by atoms with Crippen LogP contribution in [0.4, 0.5) is 0 Å². The molecule has 0 bridgehead atoms. The van der Waals surface area contributed by atoms with Gasteiger partial charge in [-0.25, -0.2) is 4.79 Å². The fourth-order valence-corrected chi connectivity index (χ4v) is 4.39. The predicted octanol–water partition coefficient (Wildman–Crippen LogP) is -0.770. The number of carboxylic acid groups (broad SMARTS) is 1. The fraction of sp³-hybridized carbons (Fsp3) is 0.522. The molecular weight excluding hydrogens is 474 g/mol. The molecule has 4 amide bonds. The second-order valence-corrected chi connectivity index (χ2v) is 9.38. The van der Waals surface area contributed by atoms with Crippen molar-refractivity contribution in [3.63, 3.8) is 0 Å². The lowest BCUT2D eigenvalue weighted by Gasteiger charge is -2.28. The number of primary amides is 1. The molecule has 1 aliphatic heterocycles. The van der Waals surface area contributed by atoms with Crippen molar-refractivity contribution in [2.24, 2.45) is 11.5 Å². The van der Waals surface area contributed by atoms with Crippen LogP contribution in [0.25, 0.3) is 0 Å². The fourth-order valence-electron chi connectivity index (χ4n) is 3.92. The topological polar surface area (TPSA) is 185 Å². The number of rotatable bonds is 13. The third kappa shape index (κ3) is 8.55. The first-order valence-electron chi connectivity index (χ1n) is 11.3. The molecule has 1 aromatic rings. The van der Waals surface area contributed by atoms with E-state index in [0.29, 0.717) is 31.6 Å². The highest BCUT2D eigenvalue weighted by Gasteiger charge is 2.38. The molecule has 0 aromatic heterocycles. The molecule has 0 radical (unpaired) electrons. The van der Waals surface area contributed by atoms with Crippen molar-refractivity contribution in [3.05, 3.63) is 35.9 Å². The third-order valence-electron chi connectivity index (χ3n) is 5.72. The van der Waals surface area contributed by atoms with Crippen molar-refractivity contribution in [3.8, 4) is 0 Å². The number of amides is 4. The molecule has 0 spiro atoms. The average Bonchev–Trinajstić information content (AvgIpc) is 3.31. The van der Waals surface area contributed by atoms with Gasteiger partial charge in [0.25, 0.3) is 0 Å². The Morgan fingerprint density at radius 3 is 2.43 bits per heavy atom.